The largest absolute Gasteiger partial charge is 0.359 e. The zero-order chi connectivity index (χ0) is 18.9. The van der Waals surface area contributed by atoms with Gasteiger partial charge in [-0.3, -0.25) is 4.99 Å². The summed E-state index contributed by atoms with van der Waals surface area (Å²) in [5.41, 5.74) is 3.88. The lowest BCUT2D eigenvalue weighted by Gasteiger charge is -2.14. The first-order valence-corrected chi connectivity index (χ1v) is 8.44. The molecule has 0 amide bonds. The zero-order valence-electron chi connectivity index (χ0n) is 15.1. The fraction of sp³-hybridized carbons (Fsp3) is 0.300. The molecule has 1 saturated carbocycles. The Bertz CT molecular complexity index is 757. The highest BCUT2D eigenvalue weighted by atomic mass is 35.5. The van der Waals surface area contributed by atoms with Crippen LogP contribution in [0.15, 0.2) is 53.2 Å². The summed E-state index contributed by atoms with van der Waals surface area (Å²) in [7, 11) is 2.01. The summed E-state index contributed by atoms with van der Waals surface area (Å²) in [6, 6.07) is 7.92. The van der Waals surface area contributed by atoms with E-state index in [2.05, 4.69) is 41.1 Å². The minimum absolute atomic E-state index is 0.246. The lowest BCUT2D eigenvalue weighted by Crippen LogP contribution is -2.28. The second-order valence-electron chi connectivity index (χ2n) is 5.76. The molecule has 3 rings (SSSR count). The topological polar surface area (TPSA) is 57.2 Å². The van der Waals surface area contributed by atoms with Gasteiger partial charge in [0.15, 0.2) is 0 Å². The smallest absolute Gasteiger partial charge is 0.106 e. The van der Waals surface area contributed by atoms with Crippen LogP contribution in [-0.2, 0) is 4.79 Å². The highest BCUT2D eigenvalue weighted by Gasteiger charge is 2.42. The fourth-order valence-corrected chi connectivity index (χ4v) is 2.90. The van der Waals surface area contributed by atoms with Crippen LogP contribution in [0, 0.1) is 6.92 Å². The molecule has 1 aromatic carbocycles. The number of likely N-dealkylation sites (N-methyl/N-ethyl adjacent to an activating group) is 1. The lowest BCUT2D eigenvalue weighted by atomic mass is 10.1. The Morgan fingerprint density at radius 2 is 2.04 bits per heavy atom. The number of carbonyl (C=O) groups excluding carboxylic acids is 1. The van der Waals surface area contributed by atoms with Crippen molar-refractivity contribution in [2.75, 3.05) is 7.05 Å². The number of aryl methyl sites for hydroxylation is 1. The van der Waals surface area contributed by atoms with Gasteiger partial charge in [-0.25, -0.2) is 0 Å². The van der Waals surface area contributed by atoms with Gasteiger partial charge in [-0.2, -0.15) is 0 Å². The van der Waals surface area contributed by atoms with Gasteiger partial charge < -0.3 is 15.1 Å². The number of carbonyl (C=O) groups is 1. The molecular formula is C20H26ClN3O. The lowest BCUT2D eigenvalue weighted by molar-refractivity contribution is -0.0979. The Balaban J connectivity index is 0.000000228. The van der Waals surface area contributed by atoms with E-state index >= 15 is 0 Å². The van der Waals surface area contributed by atoms with Gasteiger partial charge in [0, 0.05) is 33.4 Å². The number of hydrogen-bond donors (Lipinski definition) is 2. The average molecular weight is 360 g/mol. The summed E-state index contributed by atoms with van der Waals surface area (Å²) in [5, 5.41) is 5.30. The summed E-state index contributed by atoms with van der Waals surface area (Å²) in [6.07, 6.45) is 8.35. The van der Waals surface area contributed by atoms with Crippen LogP contribution in [0.25, 0.3) is 10.9 Å². The van der Waals surface area contributed by atoms with E-state index in [1.165, 1.54) is 29.5 Å². The number of nitrogens with zero attached hydrogens (tertiary/aromatic N) is 1. The molecule has 0 radical (unpaired) electrons. The minimum Gasteiger partial charge on any atom is -0.359 e. The number of aromatic nitrogens is 1. The molecule has 0 aliphatic heterocycles. The number of aliphatic imine (C=N–C) groups is 1. The van der Waals surface area contributed by atoms with Crippen molar-refractivity contribution in [1.29, 1.82) is 0 Å². The van der Waals surface area contributed by atoms with Crippen LogP contribution < -0.4 is 5.32 Å². The van der Waals surface area contributed by atoms with Crippen LogP contribution in [0.1, 0.15) is 25.5 Å². The minimum atomic E-state index is 0.246. The van der Waals surface area contributed by atoms with Crippen molar-refractivity contribution in [3.63, 3.8) is 0 Å². The first kappa shape index (κ1) is 20.9. The normalized spacial score (nSPS) is 15.1. The van der Waals surface area contributed by atoms with Crippen molar-refractivity contribution in [2.24, 2.45) is 4.99 Å². The van der Waals surface area contributed by atoms with Crippen LogP contribution >= 0.6 is 11.6 Å². The summed E-state index contributed by atoms with van der Waals surface area (Å²) < 4.78 is 0. The summed E-state index contributed by atoms with van der Waals surface area (Å²) in [5.74, 6) is 0. The first-order chi connectivity index (χ1) is 12.0. The summed E-state index contributed by atoms with van der Waals surface area (Å²) >= 11 is 5.81. The molecule has 1 fully saturated rings. The molecule has 1 aromatic heterocycles. The molecule has 0 spiro atoms. The maximum absolute atomic E-state index is 8.00. The van der Waals surface area contributed by atoms with Gasteiger partial charge in [-0.05, 0) is 76.4 Å². The average Bonchev–Trinajstić information content (AvgIpc) is 3.33. The van der Waals surface area contributed by atoms with Gasteiger partial charge in [-0.15, -0.1) is 0 Å². The molecule has 0 unspecified atom stereocenters. The van der Waals surface area contributed by atoms with Gasteiger partial charge >= 0.3 is 0 Å². The molecular weight excluding hydrogens is 334 g/mol. The van der Waals surface area contributed by atoms with Gasteiger partial charge in [0.1, 0.15) is 6.79 Å². The van der Waals surface area contributed by atoms with E-state index < -0.39 is 0 Å². The number of nitrogens with one attached hydrogen (secondary N) is 2. The molecule has 25 heavy (non-hydrogen) atoms. The molecule has 1 aliphatic carbocycles. The van der Waals surface area contributed by atoms with Crippen molar-refractivity contribution in [1.82, 2.24) is 10.3 Å². The second kappa shape index (κ2) is 9.97. The number of hydrogen-bond acceptors (Lipinski definition) is 3. The number of rotatable bonds is 4. The predicted molar refractivity (Wildman–Crippen MR) is 109 cm³/mol. The maximum Gasteiger partial charge on any atom is 0.106 e. The molecule has 5 heteroatoms. The quantitative estimate of drug-likeness (QED) is 0.606. The van der Waals surface area contributed by atoms with E-state index in [9.17, 15) is 0 Å². The second-order valence-corrected chi connectivity index (χ2v) is 6.19. The van der Waals surface area contributed by atoms with E-state index in [0.29, 0.717) is 0 Å². The number of aromatic amines is 1. The molecule has 2 aromatic rings. The maximum atomic E-state index is 8.00. The molecule has 1 aliphatic rings. The molecule has 1 heterocycles. The molecule has 134 valence electrons. The van der Waals surface area contributed by atoms with Gasteiger partial charge in [0.05, 0.1) is 0 Å². The standard InChI is InChI=1S/C10H16N2.C9H8ClN.CH2O/c1-4-9(5-8-11-2)10(12-3)6-7-10;1-6-4-7-5-8(10)2-3-9(7)11-6;1-2/h4-5,8,12H,2,6-7H2,1,3H3;2-5,11H,1H3;1H2/b8-5-,9-4+;;. The Kier molecular flexibility index (Phi) is 8.32. The van der Waals surface area contributed by atoms with Crippen LogP contribution in [0.3, 0.4) is 0 Å². The van der Waals surface area contributed by atoms with Crippen molar-refractivity contribution >= 4 is 36.0 Å². The van der Waals surface area contributed by atoms with Crippen molar-refractivity contribution in [3.05, 3.63) is 58.9 Å². The number of allylic oxidation sites excluding steroid dienone is 1. The number of fused-ring (bicyclic) bond motifs is 1. The monoisotopic (exact) mass is 359 g/mol. The number of benzene rings is 1. The van der Waals surface area contributed by atoms with Crippen molar-refractivity contribution < 1.29 is 4.79 Å². The van der Waals surface area contributed by atoms with Crippen LogP contribution in [0.2, 0.25) is 5.02 Å². The Labute approximate surface area is 154 Å². The van der Waals surface area contributed by atoms with E-state index in [0.717, 1.165) is 10.5 Å². The number of H-pyrrole nitrogens is 1. The first-order valence-electron chi connectivity index (χ1n) is 8.06. The van der Waals surface area contributed by atoms with Crippen molar-refractivity contribution in [3.8, 4) is 0 Å². The van der Waals surface area contributed by atoms with Crippen LogP contribution in [0.4, 0.5) is 0 Å². The predicted octanol–water partition coefficient (Wildman–Crippen LogP) is 4.84. The molecule has 2 N–H and O–H groups in total. The SMILES string of the molecule is C=N/C=C\C(=C/C)C1(NC)CC1.C=O.Cc1cc2cc(Cl)ccc2[nH]1. The zero-order valence-corrected chi connectivity index (χ0v) is 15.9. The Morgan fingerprint density at radius 3 is 2.56 bits per heavy atom. The highest BCUT2D eigenvalue weighted by molar-refractivity contribution is 6.31. The highest BCUT2D eigenvalue weighted by Crippen LogP contribution is 2.42. The fourth-order valence-electron chi connectivity index (χ4n) is 2.72. The van der Waals surface area contributed by atoms with Gasteiger partial charge in [0.25, 0.3) is 0 Å². The van der Waals surface area contributed by atoms with Crippen LogP contribution in [0.5, 0.6) is 0 Å². The van der Waals surface area contributed by atoms with Gasteiger partial charge in [0.2, 0.25) is 0 Å². The van der Waals surface area contributed by atoms with Crippen LogP contribution in [-0.4, -0.2) is 31.1 Å². The molecule has 0 saturated heterocycles. The Morgan fingerprint density at radius 1 is 1.36 bits per heavy atom. The van der Waals surface area contributed by atoms with Crippen molar-refractivity contribution in [2.45, 2.75) is 32.2 Å². The van der Waals surface area contributed by atoms with E-state index in [4.69, 9.17) is 16.4 Å². The number of halogens is 1. The summed E-state index contributed by atoms with van der Waals surface area (Å²) in [4.78, 5) is 14.9. The third kappa shape index (κ3) is 5.69. The van der Waals surface area contributed by atoms with E-state index in [-0.39, 0.29) is 5.54 Å². The molecule has 0 bridgehead atoms. The summed E-state index contributed by atoms with van der Waals surface area (Å²) in [6.45, 7) is 9.50. The third-order valence-electron chi connectivity index (χ3n) is 4.17. The third-order valence-corrected chi connectivity index (χ3v) is 4.40. The van der Waals surface area contributed by atoms with E-state index in [1.54, 1.807) is 6.20 Å². The Hall–Kier alpha value is -2.17. The van der Waals surface area contributed by atoms with E-state index in [1.807, 2.05) is 45.0 Å². The van der Waals surface area contributed by atoms with Gasteiger partial charge in [-0.1, -0.05) is 17.7 Å². The molecule has 0 atom stereocenters. The molecule has 4 nitrogen and oxygen atoms in total.